The number of halogens is 1. The standard InChI is InChI=1S/C22H26FN5/c1-3-20-25-26-22-21-17(12-24-28(21)19-7-5-4-6-14(19)2)18(13-27(20)22)15-8-10-16(23)11-9-15/h8-12,14,18-19H,3-7,13H2,1-2H3. The normalized spacial score (nSPS) is 24.0. The lowest BCUT2D eigenvalue weighted by atomic mass is 9.85. The molecule has 6 heteroatoms. The minimum atomic E-state index is -0.203. The fourth-order valence-electron chi connectivity index (χ4n) is 5.00. The zero-order valence-corrected chi connectivity index (χ0v) is 16.5. The lowest BCUT2D eigenvalue weighted by molar-refractivity contribution is 0.241. The lowest BCUT2D eigenvalue weighted by Crippen LogP contribution is -2.26. The number of aromatic nitrogens is 5. The van der Waals surface area contributed by atoms with E-state index in [-0.39, 0.29) is 11.7 Å². The molecule has 1 aliphatic carbocycles. The number of aryl methyl sites for hydroxylation is 1. The molecule has 0 N–H and O–H groups in total. The van der Waals surface area contributed by atoms with Gasteiger partial charge in [0.1, 0.15) is 17.3 Å². The topological polar surface area (TPSA) is 48.5 Å². The summed E-state index contributed by atoms with van der Waals surface area (Å²) < 4.78 is 18.0. The van der Waals surface area contributed by atoms with E-state index in [9.17, 15) is 4.39 Å². The average molecular weight is 379 g/mol. The Balaban J connectivity index is 1.67. The van der Waals surface area contributed by atoms with Gasteiger partial charge < -0.3 is 4.57 Å². The summed E-state index contributed by atoms with van der Waals surface area (Å²) >= 11 is 0. The predicted molar refractivity (Wildman–Crippen MR) is 106 cm³/mol. The number of nitrogens with zero attached hydrogens (tertiary/aromatic N) is 5. The minimum absolute atomic E-state index is 0.136. The highest BCUT2D eigenvalue weighted by Gasteiger charge is 2.35. The fraction of sp³-hybridized carbons (Fsp3) is 0.500. The van der Waals surface area contributed by atoms with Crippen LogP contribution in [0.3, 0.4) is 0 Å². The van der Waals surface area contributed by atoms with Gasteiger partial charge in [-0.15, -0.1) is 10.2 Å². The molecule has 3 unspecified atom stereocenters. The van der Waals surface area contributed by atoms with Crippen LogP contribution in [0.2, 0.25) is 0 Å². The van der Waals surface area contributed by atoms with E-state index in [0.717, 1.165) is 42.3 Å². The van der Waals surface area contributed by atoms with Gasteiger partial charge >= 0.3 is 0 Å². The summed E-state index contributed by atoms with van der Waals surface area (Å²) in [5, 5.41) is 13.9. The number of rotatable bonds is 3. The van der Waals surface area contributed by atoms with E-state index in [4.69, 9.17) is 5.10 Å². The van der Waals surface area contributed by atoms with Crippen LogP contribution in [0.25, 0.3) is 11.5 Å². The van der Waals surface area contributed by atoms with Crippen molar-refractivity contribution in [2.45, 2.75) is 64.5 Å². The Bertz CT molecular complexity index is 987. The molecule has 5 rings (SSSR count). The van der Waals surface area contributed by atoms with Gasteiger partial charge in [0.2, 0.25) is 0 Å². The lowest BCUT2D eigenvalue weighted by Gasteiger charge is -2.32. The number of hydrogen-bond donors (Lipinski definition) is 0. The Morgan fingerprint density at radius 3 is 2.64 bits per heavy atom. The summed E-state index contributed by atoms with van der Waals surface area (Å²) in [6.07, 6.45) is 7.80. The third-order valence-corrected chi connectivity index (χ3v) is 6.57. The first-order valence-electron chi connectivity index (χ1n) is 10.4. The van der Waals surface area contributed by atoms with Gasteiger partial charge in [-0.1, -0.05) is 38.8 Å². The van der Waals surface area contributed by atoms with Gasteiger partial charge in [-0.25, -0.2) is 4.39 Å². The monoisotopic (exact) mass is 379 g/mol. The van der Waals surface area contributed by atoms with Crippen molar-refractivity contribution in [1.82, 2.24) is 24.5 Å². The fourth-order valence-corrected chi connectivity index (χ4v) is 5.00. The van der Waals surface area contributed by atoms with Crippen molar-refractivity contribution in [2.24, 2.45) is 5.92 Å². The first-order valence-corrected chi connectivity index (χ1v) is 10.4. The van der Waals surface area contributed by atoms with Gasteiger partial charge in [-0.3, -0.25) is 4.68 Å². The molecule has 2 aromatic heterocycles. The molecule has 3 heterocycles. The van der Waals surface area contributed by atoms with Crippen molar-refractivity contribution in [2.75, 3.05) is 0 Å². The Hall–Kier alpha value is -2.50. The molecule has 1 saturated carbocycles. The highest BCUT2D eigenvalue weighted by molar-refractivity contribution is 5.61. The Morgan fingerprint density at radius 2 is 1.89 bits per heavy atom. The zero-order valence-electron chi connectivity index (χ0n) is 16.5. The Labute approximate surface area is 164 Å². The van der Waals surface area contributed by atoms with Crippen molar-refractivity contribution >= 4 is 0 Å². The maximum absolute atomic E-state index is 13.5. The van der Waals surface area contributed by atoms with Crippen molar-refractivity contribution in [1.29, 1.82) is 0 Å². The molecule has 0 spiro atoms. The van der Waals surface area contributed by atoms with E-state index in [1.807, 2.05) is 18.3 Å². The van der Waals surface area contributed by atoms with Gasteiger partial charge in [0.15, 0.2) is 5.82 Å². The second kappa shape index (κ2) is 6.83. The molecule has 0 saturated heterocycles. The van der Waals surface area contributed by atoms with E-state index in [0.29, 0.717) is 12.0 Å². The maximum Gasteiger partial charge on any atom is 0.182 e. The SMILES string of the molecule is CCc1nnc2n1CC(c1ccc(F)cc1)c1cnn(C3CCCCC3C)c1-2. The largest absolute Gasteiger partial charge is 0.309 e. The molecule has 0 bridgehead atoms. The van der Waals surface area contributed by atoms with Gasteiger partial charge in [-0.05, 0) is 36.5 Å². The predicted octanol–water partition coefficient (Wildman–Crippen LogP) is 4.74. The Morgan fingerprint density at radius 1 is 1.11 bits per heavy atom. The van der Waals surface area contributed by atoms with Gasteiger partial charge in [-0.2, -0.15) is 5.10 Å². The van der Waals surface area contributed by atoms with Crippen LogP contribution < -0.4 is 0 Å². The third kappa shape index (κ3) is 2.69. The van der Waals surface area contributed by atoms with Crippen molar-refractivity contribution in [3.05, 3.63) is 53.2 Å². The quantitative estimate of drug-likeness (QED) is 0.660. The van der Waals surface area contributed by atoms with Gasteiger partial charge in [0.25, 0.3) is 0 Å². The zero-order chi connectivity index (χ0) is 19.3. The molecule has 2 aliphatic rings. The first-order chi connectivity index (χ1) is 13.7. The van der Waals surface area contributed by atoms with E-state index in [1.54, 1.807) is 12.1 Å². The van der Waals surface area contributed by atoms with Crippen LogP contribution in [0.15, 0.2) is 30.5 Å². The molecule has 1 aliphatic heterocycles. The van der Waals surface area contributed by atoms with Crippen LogP contribution in [-0.2, 0) is 13.0 Å². The van der Waals surface area contributed by atoms with E-state index >= 15 is 0 Å². The number of fused-ring (bicyclic) bond motifs is 3. The Kier molecular flexibility index (Phi) is 4.29. The van der Waals surface area contributed by atoms with Crippen molar-refractivity contribution in [3.63, 3.8) is 0 Å². The summed E-state index contributed by atoms with van der Waals surface area (Å²) in [6, 6.07) is 7.28. The smallest absolute Gasteiger partial charge is 0.182 e. The van der Waals surface area contributed by atoms with E-state index in [2.05, 4.69) is 33.3 Å². The molecule has 0 radical (unpaired) electrons. The highest BCUT2D eigenvalue weighted by atomic mass is 19.1. The molecule has 3 aromatic rings. The second-order valence-electron chi connectivity index (χ2n) is 8.23. The number of benzene rings is 1. The molecule has 5 nitrogen and oxygen atoms in total. The van der Waals surface area contributed by atoms with Gasteiger partial charge in [0.05, 0.1) is 12.2 Å². The second-order valence-corrected chi connectivity index (χ2v) is 8.23. The summed E-state index contributed by atoms with van der Waals surface area (Å²) in [4.78, 5) is 0. The molecule has 3 atom stereocenters. The molecular formula is C22H26FN5. The van der Waals surface area contributed by atoms with Crippen LogP contribution >= 0.6 is 0 Å². The minimum Gasteiger partial charge on any atom is -0.309 e. The van der Waals surface area contributed by atoms with Crippen molar-refractivity contribution < 1.29 is 4.39 Å². The summed E-state index contributed by atoms with van der Waals surface area (Å²) in [5.74, 6) is 2.46. The first kappa shape index (κ1) is 17.6. The molecule has 1 aromatic carbocycles. The van der Waals surface area contributed by atoms with E-state index in [1.165, 1.54) is 24.8 Å². The molecule has 28 heavy (non-hydrogen) atoms. The highest BCUT2D eigenvalue weighted by Crippen LogP contribution is 2.43. The van der Waals surface area contributed by atoms with Crippen LogP contribution in [0.4, 0.5) is 4.39 Å². The van der Waals surface area contributed by atoms with Crippen molar-refractivity contribution in [3.8, 4) is 11.5 Å². The molecule has 146 valence electrons. The van der Waals surface area contributed by atoms with Crippen LogP contribution in [0.1, 0.15) is 68.4 Å². The number of hydrogen-bond acceptors (Lipinski definition) is 3. The summed E-state index contributed by atoms with van der Waals surface area (Å²) in [5.41, 5.74) is 3.40. The van der Waals surface area contributed by atoms with Gasteiger partial charge in [0, 0.05) is 24.4 Å². The maximum atomic E-state index is 13.5. The van der Waals surface area contributed by atoms with E-state index < -0.39 is 0 Å². The van der Waals surface area contributed by atoms with Crippen LogP contribution in [0.5, 0.6) is 0 Å². The summed E-state index contributed by atoms with van der Waals surface area (Å²) in [7, 11) is 0. The molecule has 1 fully saturated rings. The molecular weight excluding hydrogens is 353 g/mol. The third-order valence-electron chi connectivity index (χ3n) is 6.57. The summed E-state index contributed by atoms with van der Waals surface area (Å²) in [6.45, 7) is 5.22. The molecule has 0 amide bonds. The van der Waals surface area contributed by atoms with Crippen LogP contribution in [0, 0.1) is 11.7 Å². The van der Waals surface area contributed by atoms with Crippen LogP contribution in [-0.4, -0.2) is 24.5 Å². The average Bonchev–Trinajstić information content (AvgIpc) is 3.32.